The van der Waals surface area contributed by atoms with Crippen molar-refractivity contribution < 1.29 is 8.42 Å². The summed E-state index contributed by atoms with van der Waals surface area (Å²) in [5, 5.41) is 0. The largest absolute Gasteiger partial charge is 0.290 e. The molecule has 1 N–H and O–H groups in total. The summed E-state index contributed by atoms with van der Waals surface area (Å²) in [6.07, 6.45) is 1.16. The van der Waals surface area contributed by atoms with Crippen LogP contribution in [0.4, 0.5) is 0 Å². The van der Waals surface area contributed by atoms with Gasteiger partial charge in [0.15, 0.2) is 0 Å². The van der Waals surface area contributed by atoms with Gasteiger partial charge in [0, 0.05) is 0 Å². The van der Waals surface area contributed by atoms with E-state index >= 15 is 0 Å². The Morgan fingerprint density at radius 2 is 1.73 bits per heavy atom. The van der Waals surface area contributed by atoms with Crippen molar-refractivity contribution >= 4 is 10.0 Å². The van der Waals surface area contributed by atoms with E-state index in [0.717, 1.165) is 19.3 Å². The molecule has 68 valence electrons. The first-order chi connectivity index (χ1) is 4.99. The van der Waals surface area contributed by atoms with Gasteiger partial charge in [-0.3, -0.25) is 4.90 Å². The van der Waals surface area contributed by atoms with Gasteiger partial charge in [-0.15, -0.1) is 0 Å². The van der Waals surface area contributed by atoms with E-state index in [1.807, 2.05) is 18.7 Å². The zero-order valence-electron chi connectivity index (χ0n) is 7.29. The van der Waals surface area contributed by atoms with E-state index in [4.69, 9.17) is 0 Å². The molecular weight excluding hydrogens is 164 g/mol. The second-order valence-corrected chi connectivity index (χ2v) is 4.21. The first kappa shape index (κ1) is 10.9. The Balaban J connectivity index is 3.69. The average molecular weight is 180 g/mol. The summed E-state index contributed by atoms with van der Waals surface area (Å²) in [4.78, 5) is 1.99. The summed E-state index contributed by atoms with van der Waals surface area (Å²) in [5.41, 5.74) is 0. The van der Waals surface area contributed by atoms with Gasteiger partial charge in [0.25, 0.3) is 0 Å². The molecule has 11 heavy (non-hydrogen) atoms. The molecule has 0 fully saturated rings. The fraction of sp³-hybridized carbons (Fsp3) is 1.00. The lowest BCUT2D eigenvalue weighted by molar-refractivity contribution is 0.300. The Hall–Kier alpha value is -0.130. The van der Waals surface area contributed by atoms with Crippen LogP contribution in [0.2, 0.25) is 0 Å². The molecule has 0 bridgehead atoms. The molecule has 0 unspecified atom stereocenters. The Morgan fingerprint density at radius 3 is 2.00 bits per heavy atom. The molecule has 0 aliphatic carbocycles. The van der Waals surface area contributed by atoms with Crippen molar-refractivity contribution in [2.45, 2.75) is 13.8 Å². The van der Waals surface area contributed by atoms with Crippen molar-refractivity contribution in [3.05, 3.63) is 0 Å². The van der Waals surface area contributed by atoms with Crippen LogP contribution in [0.1, 0.15) is 13.8 Å². The van der Waals surface area contributed by atoms with E-state index in [1.165, 1.54) is 0 Å². The fourth-order valence-electron chi connectivity index (χ4n) is 0.656. The molecule has 4 nitrogen and oxygen atoms in total. The van der Waals surface area contributed by atoms with Crippen molar-refractivity contribution in [2.24, 2.45) is 0 Å². The van der Waals surface area contributed by atoms with Crippen molar-refractivity contribution in [3.8, 4) is 0 Å². The van der Waals surface area contributed by atoms with E-state index in [-0.39, 0.29) is 0 Å². The molecule has 0 heterocycles. The highest BCUT2D eigenvalue weighted by Gasteiger charge is 2.02. The number of rotatable bonds is 5. The molecular formula is C6H16N2O2S. The Bertz CT molecular complexity index is 185. The van der Waals surface area contributed by atoms with Crippen LogP contribution >= 0.6 is 0 Å². The molecule has 0 atom stereocenters. The van der Waals surface area contributed by atoms with Crippen LogP contribution in [0.15, 0.2) is 0 Å². The van der Waals surface area contributed by atoms with E-state index in [2.05, 4.69) is 4.72 Å². The van der Waals surface area contributed by atoms with Crippen LogP contribution in [0, 0.1) is 0 Å². The third kappa shape index (κ3) is 6.28. The molecule has 0 aliphatic rings. The minimum Gasteiger partial charge on any atom is -0.290 e. The highest BCUT2D eigenvalue weighted by Crippen LogP contribution is 1.84. The quantitative estimate of drug-likeness (QED) is 0.598. The van der Waals surface area contributed by atoms with Crippen molar-refractivity contribution in [3.63, 3.8) is 0 Å². The molecule has 0 amide bonds. The first-order valence-corrected chi connectivity index (χ1v) is 5.55. The van der Waals surface area contributed by atoms with Crippen LogP contribution in [0.5, 0.6) is 0 Å². The summed E-state index contributed by atoms with van der Waals surface area (Å²) >= 11 is 0. The van der Waals surface area contributed by atoms with Gasteiger partial charge < -0.3 is 0 Å². The zero-order valence-corrected chi connectivity index (χ0v) is 8.11. The standard InChI is InChI=1S/C6H16N2O2S/c1-4-8(5-2)6-7-11(3,9)10/h7H,4-6H2,1-3H3. The molecule has 0 radical (unpaired) electrons. The van der Waals surface area contributed by atoms with E-state index < -0.39 is 10.0 Å². The predicted octanol–water partition coefficient (Wildman–Crippen LogP) is -0.165. The minimum atomic E-state index is -3.03. The lowest BCUT2D eigenvalue weighted by Gasteiger charge is -2.17. The number of hydrogen-bond donors (Lipinski definition) is 1. The average Bonchev–Trinajstić information content (AvgIpc) is 1.88. The minimum absolute atomic E-state index is 0.409. The monoisotopic (exact) mass is 180 g/mol. The summed E-state index contributed by atoms with van der Waals surface area (Å²) < 4.78 is 23.7. The summed E-state index contributed by atoms with van der Waals surface area (Å²) in [5.74, 6) is 0. The smallest absolute Gasteiger partial charge is 0.209 e. The van der Waals surface area contributed by atoms with Crippen LogP contribution in [-0.4, -0.2) is 39.3 Å². The Morgan fingerprint density at radius 1 is 1.27 bits per heavy atom. The van der Waals surface area contributed by atoms with Gasteiger partial charge in [-0.05, 0) is 13.1 Å². The first-order valence-electron chi connectivity index (χ1n) is 3.66. The van der Waals surface area contributed by atoms with Crippen molar-refractivity contribution in [1.29, 1.82) is 0 Å². The van der Waals surface area contributed by atoms with Gasteiger partial charge in [-0.1, -0.05) is 13.8 Å². The number of sulfonamides is 1. The zero-order chi connectivity index (χ0) is 8.91. The molecule has 0 aromatic heterocycles. The highest BCUT2D eigenvalue weighted by molar-refractivity contribution is 7.88. The van der Waals surface area contributed by atoms with Gasteiger partial charge in [0.05, 0.1) is 12.9 Å². The second kappa shape index (κ2) is 4.69. The molecule has 0 aromatic carbocycles. The third-order valence-corrected chi connectivity index (χ3v) is 2.10. The van der Waals surface area contributed by atoms with Crippen LogP contribution in [-0.2, 0) is 10.0 Å². The molecule has 0 rings (SSSR count). The maximum atomic E-state index is 10.6. The SMILES string of the molecule is CCN(CC)CNS(C)(=O)=O. The van der Waals surface area contributed by atoms with Gasteiger partial charge >= 0.3 is 0 Å². The lowest BCUT2D eigenvalue weighted by atomic mass is 10.6. The third-order valence-electron chi connectivity index (χ3n) is 1.44. The van der Waals surface area contributed by atoms with E-state index in [9.17, 15) is 8.42 Å². The summed E-state index contributed by atoms with van der Waals surface area (Å²) in [7, 11) is -3.03. The summed E-state index contributed by atoms with van der Waals surface area (Å²) in [6.45, 7) is 6.12. The second-order valence-electron chi connectivity index (χ2n) is 2.38. The highest BCUT2D eigenvalue weighted by atomic mass is 32.2. The number of nitrogens with zero attached hydrogens (tertiary/aromatic N) is 1. The molecule has 0 aromatic rings. The maximum Gasteiger partial charge on any atom is 0.209 e. The molecule has 0 spiro atoms. The topological polar surface area (TPSA) is 49.4 Å². The van der Waals surface area contributed by atoms with E-state index in [1.54, 1.807) is 0 Å². The molecule has 0 saturated carbocycles. The van der Waals surface area contributed by atoms with Crippen molar-refractivity contribution in [2.75, 3.05) is 26.0 Å². The summed E-state index contributed by atoms with van der Waals surface area (Å²) in [6, 6.07) is 0. The van der Waals surface area contributed by atoms with Gasteiger partial charge in [0.1, 0.15) is 0 Å². The maximum absolute atomic E-state index is 10.6. The lowest BCUT2D eigenvalue weighted by Crippen LogP contribution is -2.36. The van der Waals surface area contributed by atoms with Crippen LogP contribution in [0.25, 0.3) is 0 Å². The normalized spacial score (nSPS) is 12.4. The molecule has 0 saturated heterocycles. The van der Waals surface area contributed by atoms with Gasteiger partial charge in [0.2, 0.25) is 10.0 Å². The number of hydrogen-bond acceptors (Lipinski definition) is 3. The van der Waals surface area contributed by atoms with Gasteiger partial charge in [-0.25, -0.2) is 13.1 Å². The molecule has 5 heteroatoms. The fourth-order valence-corrected chi connectivity index (χ4v) is 1.07. The van der Waals surface area contributed by atoms with Gasteiger partial charge in [-0.2, -0.15) is 0 Å². The Kier molecular flexibility index (Phi) is 4.63. The number of nitrogens with one attached hydrogen (secondary N) is 1. The van der Waals surface area contributed by atoms with E-state index in [0.29, 0.717) is 6.67 Å². The van der Waals surface area contributed by atoms with Crippen LogP contribution in [0.3, 0.4) is 0 Å². The molecule has 0 aliphatic heterocycles. The van der Waals surface area contributed by atoms with Crippen molar-refractivity contribution in [1.82, 2.24) is 9.62 Å². The predicted molar refractivity (Wildman–Crippen MR) is 45.8 cm³/mol. The Labute approximate surface area is 68.6 Å². The van der Waals surface area contributed by atoms with Crippen LogP contribution < -0.4 is 4.72 Å².